The van der Waals surface area contributed by atoms with Gasteiger partial charge in [-0.05, 0) is 37.5 Å². The minimum atomic E-state index is -0.929. The zero-order valence-corrected chi connectivity index (χ0v) is 13.4. The number of aromatic nitrogens is 1. The number of hydrogen-bond acceptors (Lipinski definition) is 5. The molecule has 24 heavy (non-hydrogen) atoms. The van der Waals surface area contributed by atoms with E-state index in [-0.39, 0.29) is 17.8 Å². The first-order chi connectivity index (χ1) is 11.6. The number of amides is 1. The highest BCUT2D eigenvalue weighted by Crippen LogP contribution is 2.30. The molecule has 5 nitrogen and oxygen atoms in total. The van der Waals surface area contributed by atoms with Gasteiger partial charge >= 0.3 is 5.91 Å². The molecule has 8 heteroatoms. The number of oxazole rings is 1. The van der Waals surface area contributed by atoms with Gasteiger partial charge in [-0.1, -0.05) is 11.8 Å². The normalized spacial score (nSPS) is 25.2. The number of benzene rings is 1. The molecular formula is C16H15F2N3O2S. The van der Waals surface area contributed by atoms with Gasteiger partial charge in [0.25, 0.3) is 5.89 Å². The van der Waals surface area contributed by atoms with Gasteiger partial charge in [-0.25, -0.2) is 13.8 Å². The van der Waals surface area contributed by atoms with Gasteiger partial charge in [-0.15, -0.1) is 0 Å². The monoisotopic (exact) mass is 351 g/mol. The van der Waals surface area contributed by atoms with Crippen molar-refractivity contribution in [2.24, 2.45) is 0 Å². The summed E-state index contributed by atoms with van der Waals surface area (Å²) in [6, 6.07) is 4.47. The van der Waals surface area contributed by atoms with Crippen molar-refractivity contribution in [1.29, 1.82) is 0 Å². The molecule has 2 bridgehead atoms. The number of carbonyl (C=O) groups is 1. The molecule has 2 N–H and O–H groups in total. The van der Waals surface area contributed by atoms with Gasteiger partial charge < -0.3 is 15.1 Å². The second kappa shape index (κ2) is 6.18. The van der Waals surface area contributed by atoms with Crippen molar-refractivity contribution in [1.82, 2.24) is 15.6 Å². The number of fused-ring (bicyclic) bond motifs is 2. The van der Waals surface area contributed by atoms with Crippen molar-refractivity contribution < 1.29 is 18.0 Å². The number of nitrogens with zero attached hydrogens (tertiary/aromatic N) is 1. The maximum atomic E-state index is 13.2. The third kappa shape index (κ3) is 3.03. The van der Waals surface area contributed by atoms with Crippen LogP contribution in [-0.2, 0) is 0 Å². The van der Waals surface area contributed by atoms with Crippen LogP contribution in [0.25, 0.3) is 0 Å². The van der Waals surface area contributed by atoms with Gasteiger partial charge in [0.2, 0.25) is 0 Å². The van der Waals surface area contributed by atoms with Crippen LogP contribution in [-0.4, -0.2) is 29.0 Å². The average Bonchev–Trinajstić information content (AvgIpc) is 3.27. The molecule has 0 radical (unpaired) electrons. The molecule has 1 aromatic carbocycles. The third-order valence-electron chi connectivity index (χ3n) is 4.40. The van der Waals surface area contributed by atoms with E-state index >= 15 is 0 Å². The molecule has 2 fully saturated rings. The minimum absolute atomic E-state index is 0.0251. The Hall–Kier alpha value is -1.93. The summed E-state index contributed by atoms with van der Waals surface area (Å²) in [5.74, 6) is -2.22. The van der Waals surface area contributed by atoms with E-state index < -0.39 is 11.6 Å². The molecule has 0 saturated carbocycles. The Balaban J connectivity index is 1.40. The first-order valence-corrected chi connectivity index (χ1v) is 8.56. The van der Waals surface area contributed by atoms with Crippen LogP contribution in [0, 0.1) is 11.6 Å². The van der Waals surface area contributed by atoms with E-state index in [1.165, 1.54) is 12.3 Å². The highest BCUT2D eigenvalue weighted by Gasteiger charge is 2.40. The van der Waals surface area contributed by atoms with Crippen LogP contribution in [0.3, 0.4) is 0 Å². The van der Waals surface area contributed by atoms with E-state index in [4.69, 9.17) is 4.42 Å². The van der Waals surface area contributed by atoms with Crippen LogP contribution >= 0.6 is 11.8 Å². The molecule has 3 atom stereocenters. The van der Waals surface area contributed by atoms with Crippen LogP contribution in [0.4, 0.5) is 8.78 Å². The second-order valence-corrected chi connectivity index (χ2v) is 7.10. The lowest BCUT2D eigenvalue weighted by molar-refractivity contribution is 0.0890. The number of nitrogens with one attached hydrogen (secondary N) is 2. The largest absolute Gasteiger partial charge is 0.425 e. The Labute approximate surface area is 141 Å². The van der Waals surface area contributed by atoms with E-state index in [9.17, 15) is 13.6 Å². The number of hydrogen-bond donors (Lipinski definition) is 2. The Kier molecular flexibility index (Phi) is 4.01. The average molecular weight is 351 g/mol. The first-order valence-electron chi connectivity index (χ1n) is 7.74. The number of rotatable bonds is 4. The summed E-state index contributed by atoms with van der Waals surface area (Å²) in [6.45, 7) is 0. The van der Waals surface area contributed by atoms with Crippen molar-refractivity contribution in [3.63, 3.8) is 0 Å². The fourth-order valence-corrected chi connectivity index (χ4v) is 4.04. The highest BCUT2D eigenvalue weighted by atomic mass is 32.2. The Morgan fingerprint density at radius 1 is 1.33 bits per heavy atom. The van der Waals surface area contributed by atoms with Crippen molar-refractivity contribution in [3.8, 4) is 0 Å². The van der Waals surface area contributed by atoms with Crippen LogP contribution < -0.4 is 10.6 Å². The van der Waals surface area contributed by atoms with Gasteiger partial charge in [0, 0.05) is 23.0 Å². The zero-order chi connectivity index (χ0) is 16.7. The first kappa shape index (κ1) is 15.6. The molecule has 1 aromatic heterocycles. The van der Waals surface area contributed by atoms with E-state index in [0.717, 1.165) is 43.2 Å². The molecule has 2 aromatic rings. The fraction of sp³-hybridized carbons (Fsp3) is 0.375. The smallest absolute Gasteiger partial charge is 0.307 e. The lowest BCUT2D eigenvalue weighted by atomic mass is 9.95. The molecule has 4 rings (SSSR count). The van der Waals surface area contributed by atoms with E-state index in [1.807, 2.05) is 0 Å². The van der Waals surface area contributed by atoms with E-state index in [2.05, 4.69) is 15.6 Å². The molecule has 2 aliphatic rings. The highest BCUT2D eigenvalue weighted by molar-refractivity contribution is 7.99. The Morgan fingerprint density at radius 3 is 2.92 bits per heavy atom. The predicted molar refractivity (Wildman–Crippen MR) is 82.8 cm³/mol. The Bertz CT molecular complexity index is 782. The molecular weight excluding hydrogens is 336 g/mol. The molecule has 2 aliphatic heterocycles. The molecule has 0 aliphatic carbocycles. The van der Waals surface area contributed by atoms with Gasteiger partial charge in [0.05, 0.1) is 6.20 Å². The number of halogens is 2. The summed E-state index contributed by atoms with van der Waals surface area (Å²) in [4.78, 5) is 16.7. The summed E-state index contributed by atoms with van der Waals surface area (Å²) in [6.07, 6.45) is 4.55. The minimum Gasteiger partial charge on any atom is -0.425 e. The third-order valence-corrected chi connectivity index (χ3v) is 5.28. The fourth-order valence-electron chi connectivity index (χ4n) is 3.28. The molecule has 126 valence electrons. The summed E-state index contributed by atoms with van der Waals surface area (Å²) in [5.41, 5.74) is 0. The predicted octanol–water partition coefficient (Wildman–Crippen LogP) is 2.73. The molecule has 1 amide bonds. The standard InChI is InChI=1S/C16H15F2N3O2S/c17-10-3-2-9(6-11(10)18)24-14-7-19-16(23-14)15(22)21-13-5-8-1-4-12(13)20-8/h2-3,6-8,12-13,20H,1,4-5H2,(H,21,22). The molecule has 3 unspecified atom stereocenters. The van der Waals surface area contributed by atoms with Crippen molar-refractivity contribution >= 4 is 17.7 Å². The summed E-state index contributed by atoms with van der Waals surface area (Å²) >= 11 is 1.08. The van der Waals surface area contributed by atoms with Crippen molar-refractivity contribution in [2.75, 3.05) is 0 Å². The lowest BCUT2D eigenvalue weighted by Gasteiger charge is -2.20. The maximum absolute atomic E-state index is 13.2. The van der Waals surface area contributed by atoms with Crippen LogP contribution in [0.5, 0.6) is 0 Å². The lowest BCUT2D eigenvalue weighted by Crippen LogP contribution is -2.43. The van der Waals surface area contributed by atoms with Crippen LogP contribution in [0.2, 0.25) is 0 Å². The van der Waals surface area contributed by atoms with Crippen molar-refractivity contribution in [2.45, 2.75) is 47.4 Å². The maximum Gasteiger partial charge on any atom is 0.307 e. The SMILES string of the molecule is O=C(NC1CC2CCC1N2)c1ncc(Sc2ccc(F)c(F)c2)o1. The molecule has 2 saturated heterocycles. The second-order valence-electron chi connectivity index (χ2n) is 6.03. The molecule has 0 spiro atoms. The van der Waals surface area contributed by atoms with Gasteiger partial charge in [-0.2, -0.15) is 0 Å². The van der Waals surface area contributed by atoms with Gasteiger partial charge in [0.1, 0.15) is 0 Å². The number of carbonyl (C=O) groups excluding carboxylic acids is 1. The van der Waals surface area contributed by atoms with Gasteiger partial charge in [-0.3, -0.25) is 4.79 Å². The van der Waals surface area contributed by atoms with Crippen LogP contribution in [0.15, 0.2) is 38.8 Å². The van der Waals surface area contributed by atoms with E-state index in [0.29, 0.717) is 22.1 Å². The molecule has 3 heterocycles. The zero-order valence-electron chi connectivity index (χ0n) is 12.6. The summed E-state index contributed by atoms with van der Waals surface area (Å²) in [5, 5.41) is 6.73. The Morgan fingerprint density at radius 2 is 2.21 bits per heavy atom. The quantitative estimate of drug-likeness (QED) is 0.887. The van der Waals surface area contributed by atoms with Crippen molar-refractivity contribution in [3.05, 3.63) is 41.9 Å². The van der Waals surface area contributed by atoms with Crippen LogP contribution in [0.1, 0.15) is 29.9 Å². The topological polar surface area (TPSA) is 67.2 Å². The van der Waals surface area contributed by atoms with E-state index in [1.54, 1.807) is 0 Å². The summed E-state index contributed by atoms with van der Waals surface area (Å²) < 4.78 is 31.6. The summed E-state index contributed by atoms with van der Waals surface area (Å²) in [7, 11) is 0. The van der Waals surface area contributed by atoms with Gasteiger partial charge in [0.15, 0.2) is 16.7 Å².